The predicted molar refractivity (Wildman–Crippen MR) is 162 cm³/mol. The molecule has 0 N–H and O–H groups in total. The predicted octanol–water partition coefficient (Wildman–Crippen LogP) is 9.16. The first-order valence-electron chi connectivity index (χ1n) is 16.1. The molecule has 0 atom stereocenters. The van der Waals surface area contributed by atoms with Crippen LogP contribution in [-0.2, 0) is 27.9 Å². The molecule has 4 aliphatic rings. The number of hydrogen-bond acceptors (Lipinski definition) is 8. The summed E-state index contributed by atoms with van der Waals surface area (Å²) in [5, 5.41) is 0.440. The van der Waals surface area contributed by atoms with Crippen LogP contribution in [0.2, 0.25) is 0 Å². The Kier molecular flexibility index (Phi) is 14.0. The number of hydroxylamine groups is 2. The van der Waals surface area contributed by atoms with Gasteiger partial charge in [-0.05, 0) is 81.7 Å². The minimum absolute atomic E-state index is 0.149. The molecule has 11 heteroatoms. The molecule has 8 nitrogen and oxygen atoms in total. The molecular formula is C29H51N2O6PS2. The lowest BCUT2D eigenvalue weighted by atomic mass is 9.89. The molecule has 0 unspecified atom stereocenters. The van der Waals surface area contributed by atoms with E-state index in [4.69, 9.17) is 13.8 Å². The van der Waals surface area contributed by atoms with Crippen molar-refractivity contribution in [2.24, 2.45) is 11.8 Å². The van der Waals surface area contributed by atoms with Crippen molar-refractivity contribution in [2.75, 3.05) is 6.61 Å². The molecule has 0 aromatic heterocycles. The summed E-state index contributed by atoms with van der Waals surface area (Å²) in [4.78, 5) is 27.5. The van der Waals surface area contributed by atoms with Crippen LogP contribution in [0.4, 0.5) is 0 Å². The van der Waals surface area contributed by atoms with Crippen LogP contribution in [0.15, 0.2) is 0 Å². The number of phosphoric acid groups is 1. The molecule has 4 fully saturated rings. The molecule has 0 saturated heterocycles. The smallest absolute Gasteiger partial charge is 0.284 e. The van der Waals surface area contributed by atoms with E-state index in [1.54, 1.807) is 0 Å². The van der Waals surface area contributed by atoms with Crippen LogP contribution in [0.1, 0.15) is 142 Å². The normalized spacial score (nSPS) is 22.7. The Morgan fingerprint density at radius 2 is 0.975 bits per heavy atom. The molecule has 0 aromatic carbocycles. The fraction of sp³-hybridized carbons (Fsp3) is 0.931. The van der Waals surface area contributed by atoms with Crippen molar-refractivity contribution < 1.29 is 27.9 Å². The fourth-order valence-corrected chi connectivity index (χ4v) is 10.3. The van der Waals surface area contributed by atoms with Gasteiger partial charge in [-0.15, -0.1) is 8.94 Å². The van der Waals surface area contributed by atoms with Crippen LogP contribution in [0.5, 0.6) is 0 Å². The van der Waals surface area contributed by atoms with Crippen LogP contribution < -0.4 is 0 Å². The molecule has 4 rings (SSSR count). The van der Waals surface area contributed by atoms with Crippen LogP contribution in [0.3, 0.4) is 0 Å². The van der Waals surface area contributed by atoms with Crippen molar-refractivity contribution in [1.29, 1.82) is 0 Å². The molecule has 0 radical (unpaired) electrons. The van der Waals surface area contributed by atoms with E-state index in [1.807, 2.05) is 6.92 Å². The van der Waals surface area contributed by atoms with Gasteiger partial charge in [-0.1, -0.05) is 84.0 Å². The van der Waals surface area contributed by atoms with E-state index in [0.717, 1.165) is 116 Å². The monoisotopic (exact) mass is 618 g/mol. The Hall–Kier alpha value is -0.250. The number of amides is 2. The molecule has 2 amide bonds. The van der Waals surface area contributed by atoms with Gasteiger partial charge in [0.2, 0.25) is 0 Å². The molecule has 0 aliphatic heterocycles. The van der Waals surface area contributed by atoms with E-state index in [2.05, 4.69) is 0 Å². The van der Waals surface area contributed by atoms with Gasteiger partial charge in [-0.2, -0.15) is 9.25 Å². The number of hydrogen-bond donors (Lipinski definition) is 0. The molecular weight excluding hydrogens is 567 g/mol. The maximum atomic E-state index is 14.4. The lowest BCUT2D eigenvalue weighted by Crippen LogP contribution is -2.37. The number of carbonyl (C=O) groups excluding carboxylic acids is 2. The van der Waals surface area contributed by atoms with Gasteiger partial charge in [-0.25, -0.2) is 4.57 Å². The van der Waals surface area contributed by atoms with Crippen LogP contribution >= 0.6 is 31.7 Å². The second-order valence-electron chi connectivity index (χ2n) is 12.0. The van der Waals surface area contributed by atoms with E-state index in [9.17, 15) is 14.2 Å². The fourth-order valence-electron chi connectivity index (χ4n) is 6.28. The van der Waals surface area contributed by atoms with Gasteiger partial charge in [0.15, 0.2) is 0 Å². The Balaban J connectivity index is 1.54. The maximum absolute atomic E-state index is 14.4. The Bertz CT molecular complexity index is 767. The largest absolute Gasteiger partial charge is 0.519 e. The molecule has 0 heterocycles. The second-order valence-corrected chi connectivity index (χ2v) is 15.9. The lowest BCUT2D eigenvalue weighted by molar-refractivity contribution is -0.158. The van der Waals surface area contributed by atoms with E-state index in [-0.39, 0.29) is 40.8 Å². The van der Waals surface area contributed by atoms with E-state index < -0.39 is 7.82 Å². The lowest BCUT2D eigenvalue weighted by Gasteiger charge is -2.35. The maximum Gasteiger partial charge on any atom is 0.519 e. The van der Waals surface area contributed by atoms with Crippen LogP contribution in [0, 0.1) is 11.8 Å². The number of rotatable bonds is 13. The highest BCUT2D eigenvalue weighted by molar-refractivity contribution is 7.98. The van der Waals surface area contributed by atoms with Gasteiger partial charge < -0.3 is 0 Å². The van der Waals surface area contributed by atoms with Crippen molar-refractivity contribution in [3.8, 4) is 0 Å². The van der Waals surface area contributed by atoms with Crippen molar-refractivity contribution in [2.45, 2.75) is 152 Å². The molecule has 0 bridgehead atoms. The van der Waals surface area contributed by atoms with E-state index in [0.29, 0.717) is 6.42 Å². The van der Waals surface area contributed by atoms with Crippen molar-refractivity contribution >= 4 is 43.5 Å². The third kappa shape index (κ3) is 10.2. The van der Waals surface area contributed by atoms with Crippen molar-refractivity contribution in [3.05, 3.63) is 0 Å². The standard InChI is InChI=1S/C29H51N2O6PS2/c1-2-23-35-38(34,36-30(39-26-19-11-5-12-20-26)28(32)24-15-7-3-8-16-24)37-31(40-27-21-13-6-14-22-27)29(33)25-17-9-4-10-18-25/h24-27H,2-23H2,1H3. The molecule has 230 valence electrons. The number of carbonyl (C=O) groups is 2. The minimum atomic E-state index is -4.32. The van der Waals surface area contributed by atoms with Crippen molar-refractivity contribution in [1.82, 2.24) is 8.94 Å². The first kappa shape index (κ1) is 32.7. The summed E-state index contributed by atoms with van der Waals surface area (Å²) < 4.78 is 34.8. The second kappa shape index (κ2) is 17.1. The molecule has 0 aromatic rings. The van der Waals surface area contributed by atoms with Gasteiger partial charge in [-0.3, -0.25) is 14.1 Å². The molecule has 40 heavy (non-hydrogen) atoms. The molecule has 4 aliphatic carbocycles. The van der Waals surface area contributed by atoms with Gasteiger partial charge in [0.05, 0.1) is 6.61 Å². The highest BCUT2D eigenvalue weighted by Gasteiger charge is 2.42. The van der Waals surface area contributed by atoms with Crippen LogP contribution in [0.25, 0.3) is 0 Å². The topological polar surface area (TPSA) is 85.4 Å². The Labute approximate surface area is 250 Å². The third-order valence-corrected chi connectivity index (χ3v) is 12.5. The zero-order chi connectivity index (χ0) is 28.2. The van der Waals surface area contributed by atoms with Gasteiger partial charge in [0.1, 0.15) is 0 Å². The van der Waals surface area contributed by atoms with Crippen molar-refractivity contribution in [3.63, 3.8) is 0 Å². The summed E-state index contributed by atoms with van der Waals surface area (Å²) in [7, 11) is -4.32. The van der Waals surface area contributed by atoms with Gasteiger partial charge >= 0.3 is 7.82 Å². The summed E-state index contributed by atoms with van der Waals surface area (Å²) in [5.41, 5.74) is 0. The summed E-state index contributed by atoms with van der Waals surface area (Å²) in [6.45, 7) is 2.07. The van der Waals surface area contributed by atoms with E-state index >= 15 is 0 Å². The molecule has 0 spiro atoms. The highest BCUT2D eigenvalue weighted by Crippen LogP contribution is 2.55. The zero-order valence-electron chi connectivity index (χ0n) is 24.5. The summed E-state index contributed by atoms with van der Waals surface area (Å²) in [6.07, 6.45) is 21.0. The SMILES string of the molecule is CCCOP(=O)(ON(SC1CCCCC1)C(=O)C1CCCCC1)ON(SC1CCCCC1)C(=O)C1CCCCC1. The Morgan fingerprint density at radius 1 is 0.625 bits per heavy atom. The highest BCUT2D eigenvalue weighted by atomic mass is 32.2. The first-order chi connectivity index (χ1) is 19.5. The van der Waals surface area contributed by atoms with E-state index in [1.165, 1.54) is 45.7 Å². The zero-order valence-corrected chi connectivity index (χ0v) is 27.0. The summed E-state index contributed by atoms with van der Waals surface area (Å²) in [6, 6.07) is 0. The quantitative estimate of drug-likeness (QED) is 0.115. The first-order valence-corrected chi connectivity index (χ1v) is 19.3. The van der Waals surface area contributed by atoms with Crippen LogP contribution in [-0.4, -0.2) is 37.9 Å². The summed E-state index contributed by atoms with van der Waals surface area (Å²) in [5.74, 6) is -0.601. The summed E-state index contributed by atoms with van der Waals surface area (Å²) >= 11 is 2.69. The molecule has 4 saturated carbocycles. The third-order valence-electron chi connectivity index (χ3n) is 8.66. The average Bonchev–Trinajstić information content (AvgIpc) is 3.00. The average molecular weight is 619 g/mol. The van der Waals surface area contributed by atoms with Gasteiger partial charge in [0, 0.05) is 22.3 Å². The van der Waals surface area contributed by atoms with Gasteiger partial charge in [0.25, 0.3) is 11.8 Å². The number of nitrogens with zero attached hydrogens (tertiary/aromatic N) is 2. The minimum Gasteiger partial charge on any atom is -0.284 e. The Morgan fingerprint density at radius 3 is 1.32 bits per heavy atom.